The van der Waals surface area contributed by atoms with Crippen LogP contribution in [0.4, 0.5) is 0 Å². The normalized spacial score (nSPS) is 79.8. The highest BCUT2D eigenvalue weighted by atomic mass is 16.3. The Morgan fingerprint density at radius 3 is 1.77 bits per heavy atom. The molecule has 0 saturated heterocycles. The molecule has 0 aromatic heterocycles. The van der Waals surface area contributed by atoms with Crippen molar-refractivity contribution in [1.82, 2.24) is 0 Å². The SMILES string of the molecule is CC(C)C(O)C12C3C4C5C3C1C5C42. The smallest absolute Gasteiger partial charge is 0.0627 e. The first-order chi connectivity index (χ1) is 6.22. The molecule has 6 rings (SSSR count). The van der Waals surface area contributed by atoms with Gasteiger partial charge in [0.1, 0.15) is 0 Å². The summed E-state index contributed by atoms with van der Waals surface area (Å²) in [4.78, 5) is 0. The maximum atomic E-state index is 10.3. The van der Waals surface area contributed by atoms with Crippen molar-refractivity contribution in [2.45, 2.75) is 20.0 Å². The molecule has 6 fully saturated rings. The Hall–Kier alpha value is -0.0400. The van der Waals surface area contributed by atoms with Crippen LogP contribution in [0.3, 0.4) is 0 Å². The van der Waals surface area contributed by atoms with E-state index in [9.17, 15) is 5.11 Å². The van der Waals surface area contributed by atoms with Crippen LogP contribution in [-0.2, 0) is 0 Å². The van der Waals surface area contributed by atoms with Gasteiger partial charge in [-0.1, -0.05) is 13.8 Å². The molecule has 0 amide bonds. The molecule has 0 aromatic rings. The van der Waals surface area contributed by atoms with Crippen molar-refractivity contribution in [2.75, 3.05) is 0 Å². The van der Waals surface area contributed by atoms with Crippen LogP contribution in [0, 0.1) is 52.8 Å². The average molecular weight is 176 g/mol. The van der Waals surface area contributed by atoms with Crippen molar-refractivity contribution >= 4 is 0 Å². The molecule has 70 valence electrons. The molecule has 13 heavy (non-hydrogen) atoms. The largest absolute Gasteiger partial charge is 0.392 e. The van der Waals surface area contributed by atoms with Crippen molar-refractivity contribution < 1.29 is 5.11 Å². The molecule has 1 unspecified atom stereocenters. The van der Waals surface area contributed by atoms with E-state index in [4.69, 9.17) is 0 Å². The lowest BCUT2D eigenvalue weighted by Crippen LogP contribution is -3.07. The summed E-state index contributed by atoms with van der Waals surface area (Å²) in [7, 11) is 0. The molecular formula is C12H16O. The Morgan fingerprint density at radius 1 is 0.923 bits per heavy atom. The van der Waals surface area contributed by atoms with Gasteiger partial charge in [0.15, 0.2) is 0 Å². The maximum absolute atomic E-state index is 10.3. The minimum atomic E-state index is 0.0394. The van der Waals surface area contributed by atoms with E-state index >= 15 is 0 Å². The molecule has 0 spiro atoms. The summed E-state index contributed by atoms with van der Waals surface area (Å²) in [6.07, 6.45) is 0.0394. The van der Waals surface area contributed by atoms with Crippen LogP contribution in [0.15, 0.2) is 0 Å². The quantitative estimate of drug-likeness (QED) is 0.673. The second kappa shape index (κ2) is 1.32. The van der Waals surface area contributed by atoms with Gasteiger partial charge in [-0.05, 0) is 47.3 Å². The predicted octanol–water partition coefficient (Wildman–Crippen LogP) is 1.37. The van der Waals surface area contributed by atoms with E-state index in [1.807, 2.05) is 0 Å². The molecule has 0 aliphatic heterocycles. The van der Waals surface area contributed by atoms with Gasteiger partial charge in [-0.25, -0.2) is 0 Å². The Morgan fingerprint density at radius 2 is 1.38 bits per heavy atom. The van der Waals surface area contributed by atoms with Crippen LogP contribution in [0.1, 0.15) is 13.8 Å². The van der Waals surface area contributed by atoms with Crippen LogP contribution in [0.2, 0.25) is 0 Å². The summed E-state index contributed by atoms with van der Waals surface area (Å²) < 4.78 is 0. The van der Waals surface area contributed by atoms with Gasteiger partial charge in [0.05, 0.1) is 6.10 Å². The van der Waals surface area contributed by atoms with E-state index < -0.39 is 0 Å². The van der Waals surface area contributed by atoms with Crippen molar-refractivity contribution in [3.05, 3.63) is 0 Å². The van der Waals surface area contributed by atoms with Gasteiger partial charge in [-0.3, -0.25) is 0 Å². The van der Waals surface area contributed by atoms with E-state index in [2.05, 4.69) is 13.8 Å². The van der Waals surface area contributed by atoms with Crippen LogP contribution in [0.25, 0.3) is 0 Å². The van der Waals surface area contributed by atoms with Gasteiger partial charge < -0.3 is 5.11 Å². The van der Waals surface area contributed by atoms with Crippen LogP contribution < -0.4 is 0 Å². The topological polar surface area (TPSA) is 20.2 Å². The number of aliphatic hydroxyl groups is 1. The highest BCUT2D eigenvalue weighted by Gasteiger charge is 3.05. The zero-order valence-corrected chi connectivity index (χ0v) is 8.14. The summed E-state index contributed by atoms with van der Waals surface area (Å²) in [6.45, 7) is 4.37. The molecule has 1 atom stereocenters. The first-order valence-electron chi connectivity index (χ1n) is 5.90. The third-order valence-electron chi connectivity index (χ3n) is 6.70. The fraction of sp³-hybridized carbons (Fsp3) is 1.00. The summed E-state index contributed by atoms with van der Waals surface area (Å²) in [6, 6.07) is 0. The summed E-state index contributed by atoms with van der Waals surface area (Å²) in [5.41, 5.74) is 0.503. The molecule has 1 heteroatoms. The number of rotatable bonds is 2. The average Bonchev–Trinajstić information content (AvgIpc) is 2.17. The van der Waals surface area contributed by atoms with Gasteiger partial charge in [0, 0.05) is 5.41 Å². The molecule has 1 nitrogen and oxygen atoms in total. The van der Waals surface area contributed by atoms with Crippen LogP contribution in [0.5, 0.6) is 0 Å². The fourth-order valence-electron chi connectivity index (χ4n) is 6.69. The van der Waals surface area contributed by atoms with Gasteiger partial charge in [-0.15, -0.1) is 0 Å². The predicted molar refractivity (Wildman–Crippen MR) is 47.7 cm³/mol. The lowest BCUT2D eigenvalue weighted by molar-refractivity contribution is -0.628. The number of aliphatic hydroxyl groups excluding tert-OH is 1. The lowest BCUT2D eigenvalue weighted by Gasteiger charge is -3.08. The van der Waals surface area contributed by atoms with Gasteiger partial charge in [0.25, 0.3) is 0 Å². The molecule has 0 aromatic carbocycles. The first-order valence-corrected chi connectivity index (χ1v) is 5.90. The second-order valence-corrected chi connectivity index (χ2v) is 6.58. The molecule has 1 N–H and O–H groups in total. The number of hydrogen-bond acceptors (Lipinski definition) is 1. The van der Waals surface area contributed by atoms with Gasteiger partial charge >= 0.3 is 0 Å². The Labute approximate surface area is 78.5 Å². The van der Waals surface area contributed by atoms with Gasteiger partial charge in [-0.2, -0.15) is 0 Å². The Bertz CT molecular complexity index is 281. The Balaban J connectivity index is 1.59. The zero-order valence-electron chi connectivity index (χ0n) is 8.14. The molecular weight excluding hydrogens is 160 g/mol. The molecule has 0 bridgehead atoms. The lowest BCUT2D eigenvalue weighted by atomic mass is 8.96. The molecule has 6 aliphatic rings. The van der Waals surface area contributed by atoms with E-state index in [1.54, 1.807) is 0 Å². The summed E-state index contributed by atoms with van der Waals surface area (Å²) in [5.74, 6) is 8.06. The third kappa shape index (κ3) is 0.290. The van der Waals surface area contributed by atoms with E-state index in [1.165, 1.54) is 5.92 Å². The third-order valence-corrected chi connectivity index (χ3v) is 6.70. The monoisotopic (exact) mass is 176 g/mol. The second-order valence-electron chi connectivity index (χ2n) is 6.58. The Kier molecular flexibility index (Phi) is 0.656. The van der Waals surface area contributed by atoms with Crippen molar-refractivity contribution in [3.63, 3.8) is 0 Å². The molecule has 6 saturated carbocycles. The highest BCUT2D eigenvalue weighted by molar-refractivity contribution is 5.51. The molecule has 0 heterocycles. The van der Waals surface area contributed by atoms with Gasteiger partial charge in [0.2, 0.25) is 0 Å². The highest BCUT2D eigenvalue weighted by Crippen LogP contribution is 3.06. The van der Waals surface area contributed by atoms with Crippen molar-refractivity contribution in [3.8, 4) is 0 Å². The number of hydrogen-bond donors (Lipinski definition) is 1. The van der Waals surface area contributed by atoms with E-state index in [0.29, 0.717) is 11.3 Å². The summed E-state index contributed by atoms with van der Waals surface area (Å²) in [5, 5.41) is 10.3. The van der Waals surface area contributed by atoms with Crippen LogP contribution >= 0.6 is 0 Å². The van der Waals surface area contributed by atoms with Crippen LogP contribution in [-0.4, -0.2) is 11.2 Å². The van der Waals surface area contributed by atoms with Crippen molar-refractivity contribution in [1.29, 1.82) is 0 Å². The molecule has 6 aliphatic carbocycles. The standard InChI is InChI=1S/C12H16O/c1-3(2)11(13)12-8-5-4-6(8)10(12)7(4)9(5)12/h3-11,13H,1-2H3. The molecule has 0 radical (unpaired) electrons. The maximum Gasteiger partial charge on any atom is 0.0627 e. The van der Waals surface area contributed by atoms with E-state index in [0.717, 1.165) is 35.5 Å². The van der Waals surface area contributed by atoms with Crippen molar-refractivity contribution in [2.24, 2.45) is 52.8 Å². The fourth-order valence-corrected chi connectivity index (χ4v) is 6.69. The summed E-state index contributed by atoms with van der Waals surface area (Å²) >= 11 is 0. The van der Waals surface area contributed by atoms with E-state index in [-0.39, 0.29) is 6.10 Å². The first kappa shape index (κ1) is 6.44. The minimum Gasteiger partial charge on any atom is -0.392 e. The zero-order chi connectivity index (χ0) is 8.70. The minimum absolute atomic E-state index is 0.0394.